The first-order chi connectivity index (χ1) is 16.1. The van der Waals surface area contributed by atoms with E-state index >= 15 is 0 Å². The molecule has 2 aromatic carbocycles. The van der Waals surface area contributed by atoms with Gasteiger partial charge in [0.1, 0.15) is 18.5 Å². The number of ether oxygens (including phenoxy) is 3. The molecule has 7 heteroatoms. The van der Waals surface area contributed by atoms with E-state index in [0.717, 1.165) is 33.3 Å². The number of aliphatic hydroxyl groups is 1. The normalized spacial score (nSPS) is 17.5. The fraction of sp³-hybridized carbons (Fsp3) is 0.154. The SMILES string of the molecule is C=C1OCc2c(cc3n(c2=O)Cc2c-3nc3cc4c(cc3c2-c2ccccc2)OCO4)C1O. The van der Waals surface area contributed by atoms with Gasteiger partial charge in [-0.1, -0.05) is 36.9 Å². The molecule has 162 valence electrons. The van der Waals surface area contributed by atoms with E-state index in [4.69, 9.17) is 19.2 Å². The average Bonchev–Trinajstić information content (AvgIpc) is 3.44. The lowest BCUT2D eigenvalue weighted by molar-refractivity contribution is 0.0753. The summed E-state index contributed by atoms with van der Waals surface area (Å²) in [5.41, 5.74) is 5.97. The fourth-order valence-electron chi connectivity index (χ4n) is 5.02. The third-order valence-electron chi connectivity index (χ3n) is 6.64. The molecule has 3 aliphatic rings. The van der Waals surface area contributed by atoms with E-state index in [-0.39, 0.29) is 24.7 Å². The maximum atomic E-state index is 13.4. The fourth-order valence-corrected chi connectivity index (χ4v) is 5.02. The van der Waals surface area contributed by atoms with Crippen molar-refractivity contribution in [2.45, 2.75) is 19.3 Å². The van der Waals surface area contributed by atoms with Crippen LogP contribution in [0.4, 0.5) is 0 Å². The minimum atomic E-state index is -1.04. The van der Waals surface area contributed by atoms with Crippen molar-refractivity contribution in [2.75, 3.05) is 6.79 Å². The van der Waals surface area contributed by atoms with Gasteiger partial charge >= 0.3 is 0 Å². The Kier molecular flexibility index (Phi) is 3.62. The van der Waals surface area contributed by atoms with Crippen molar-refractivity contribution in [3.05, 3.63) is 87.9 Å². The van der Waals surface area contributed by atoms with E-state index in [0.29, 0.717) is 34.9 Å². The summed E-state index contributed by atoms with van der Waals surface area (Å²) < 4.78 is 18.4. The van der Waals surface area contributed by atoms with Crippen molar-refractivity contribution in [3.8, 4) is 34.0 Å². The highest BCUT2D eigenvalue weighted by atomic mass is 16.7. The molecule has 0 spiro atoms. The van der Waals surface area contributed by atoms with Gasteiger partial charge in [0.2, 0.25) is 6.79 Å². The molecule has 0 amide bonds. The summed E-state index contributed by atoms with van der Waals surface area (Å²) in [6, 6.07) is 15.8. The van der Waals surface area contributed by atoms with Gasteiger partial charge in [0.15, 0.2) is 11.5 Å². The molecule has 0 bridgehead atoms. The van der Waals surface area contributed by atoms with Gasteiger partial charge in [0.25, 0.3) is 5.56 Å². The number of aromatic nitrogens is 2. The average molecular weight is 438 g/mol. The lowest BCUT2D eigenvalue weighted by Crippen LogP contribution is -2.29. The number of rotatable bonds is 1. The Morgan fingerprint density at radius 1 is 1.03 bits per heavy atom. The van der Waals surface area contributed by atoms with Crippen LogP contribution < -0.4 is 15.0 Å². The number of hydrogen-bond acceptors (Lipinski definition) is 6. The molecule has 5 heterocycles. The van der Waals surface area contributed by atoms with Crippen LogP contribution in [0, 0.1) is 0 Å². The highest BCUT2D eigenvalue weighted by Gasteiger charge is 2.33. The van der Waals surface area contributed by atoms with E-state index in [1.54, 1.807) is 4.57 Å². The van der Waals surface area contributed by atoms with Crippen LogP contribution in [0.2, 0.25) is 0 Å². The summed E-state index contributed by atoms with van der Waals surface area (Å²) in [7, 11) is 0. The maximum Gasteiger partial charge on any atom is 0.258 e. The third kappa shape index (κ3) is 2.48. The molecule has 0 saturated carbocycles. The van der Waals surface area contributed by atoms with Gasteiger partial charge in [-0.3, -0.25) is 4.79 Å². The maximum absolute atomic E-state index is 13.4. The second-order valence-electron chi connectivity index (χ2n) is 8.41. The van der Waals surface area contributed by atoms with Gasteiger partial charge in [-0.05, 0) is 23.3 Å². The first-order valence-electron chi connectivity index (χ1n) is 10.7. The summed E-state index contributed by atoms with van der Waals surface area (Å²) in [6.45, 7) is 4.43. The zero-order valence-corrected chi connectivity index (χ0v) is 17.5. The van der Waals surface area contributed by atoms with E-state index < -0.39 is 6.10 Å². The van der Waals surface area contributed by atoms with Gasteiger partial charge in [0.05, 0.1) is 29.0 Å². The minimum Gasteiger partial charge on any atom is -0.491 e. The second-order valence-corrected chi connectivity index (χ2v) is 8.41. The third-order valence-corrected chi connectivity index (χ3v) is 6.64. The highest BCUT2D eigenvalue weighted by Crippen LogP contribution is 2.45. The number of fused-ring (bicyclic) bond motifs is 6. The summed E-state index contributed by atoms with van der Waals surface area (Å²) >= 11 is 0. The van der Waals surface area contributed by atoms with E-state index in [1.807, 2.05) is 36.4 Å². The van der Waals surface area contributed by atoms with Gasteiger partial charge in [-0.2, -0.15) is 0 Å². The lowest BCUT2D eigenvalue weighted by Gasteiger charge is -2.24. The van der Waals surface area contributed by atoms with Gasteiger partial charge < -0.3 is 23.9 Å². The van der Waals surface area contributed by atoms with Crippen LogP contribution in [0.3, 0.4) is 0 Å². The van der Waals surface area contributed by atoms with Crippen LogP contribution in [0.5, 0.6) is 11.5 Å². The standard InChI is InChI=1S/C26H18N2O5/c1-13-25(29)15-7-20-24-17(10-28(20)26(30)18(15)11-31-13)23(14-5-3-2-4-6-14)16-8-21-22(33-12-32-21)9-19(16)27-24/h2-9,25,29H,1,10-12H2. The summed E-state index contributed by atoms with van der Waals surface area (Å²) in [4.78, 5) is 18.4. The van der Waals surface area contributed by atoms with Crippen LogP contribution >= 0.6 is 0 Å². The molecule has 0 fully saturated rings. The van der Waals surface area contributed by atoms with Crippen molar-refractivity contribution >= 4 is 10.9 Å². The molecule has 33 heavy (non-hydrogen) atoms. The van der Waals surface area contributed by atoms with Crippen molar-refractivity contribution < 1.29 is 19.3 Å². The Bertz CT molecular complexity index is 1570. The van der Waals surface area contributed by atoms with Crippen molar-refractivity contribution in [3.63, 3.8) is 0 Å². The predicted octanol–water partition coefficient (Wildman–Crippen LogP) is 3.90. The quantitative estimate of drug-likeness (QED) is 0.428. The monoisotopic (exact) mass is 438 g/mol. The Labute approximate surface area is 188 Å². The molecule has 1 unspecified atom stereocenters. The van der Waals surface area contributed by atoms with Crippen LogP contribution in [0.25, 0.3) is 33.4 Å². The van der Waals surface area contributed by atoms with E-state index in [2.05, 4.69) is 18.7 Å². The minimum absolute atomic E-state index is 0.100. The summed E-state index contributed by atoms with van der Waals surface area (Å²) in [5, 5.41) is 11.6. The molecular formula is C26H18N2O5. The van der Waals surface area contributed by atoms with Crippen LogP contribution in [-0.2, 0) is 17.9 Å². The summed E-state index contributed by atoms with van der Waals surface area (Å²) in [6.07, 6.45) is -1.04. The Morgan fingerprint density at radius 2 is 1.82 bits per heavy atom. The molecule has 0 saturated heterocycles. The van der Waals surface area contributed by atoms with Crippen molar-refractivity contribution in [2.24, 2.45) is 0 Å². The first-order valence-corrected chi connectivity index (χ1v) is 10.7. The zero-order valence-electron chi connectivity index (χ0n) is 17.5. The summed E-state index contributed by atoms with van der Waals surface area (Å²) in [5.74, 6) is 1.58. The van der Waals surface area contributed by atoms with E-state index in [9.17, 15) is 9.90 Å². The molecule has 1 N–H and O–H groups in total. The van der Waals surface area contributed by atoms with E-state index in [1.165, 1.54) is 0 Å². The van der Waals surface area contributed by atoms with Crippen molar-refractivity contribution in [1.29, 1.82) is 0 Å². The van der Waals surface area contributed by atoms with Crippen LogP contribution in [-0.4, -0.2) is 21.5 Å². The predicted molar refractivity (Wildman–Crippen MR) is 121 cm³/mol. The van der Waals surface area contributed by atoms with Crippen LogP contribution in [0.1, 0.15) is 22.8 Å². The molecule has 0 radical (unpaired) electrons. The van der Waals surface area contributed by atoms with Crippen molar-refractivity contribution in [1.82, 2.24) is 9.55 Å². The topological polar surface area (TPSA) is 82.8 Å². The Hall–Kier alpha value is -4.10. The zero-order chi connectivity index (χ0) is 22.3. The van der Waals surface area contributed by atoms with Gasteiger partial charge in [-0.15, -0.1) is 0 Å². The van der Waals surface area contributed by atoms with Crippen LogP contribution in [0.15, 0.2) is 65.7 Å². The Balaban J connectivity index is 1.56. The number of hydrogen-bond donors (Lipinski definition) is 1. The molecule has 1 atom stereocenters. The number of benzene rings is 2. The highest BCUT2D eigenvalue weighted by molar-refractivity contribution is 6.01. The lowest BCUT2D eigenvalue weighted by atomic mass is 9.94. The molecule has 4 aromatic rings. The largest absolute Gasteiger partial charge is 0.491 e. The number of aliphatic hydroxyl groups excluding tert-OH is 1. The smallest absolute Gasteiger partial charge is 0.258 e. The molecular weight excluding hydrogens is 420 g/mol. The molecule has 7 rings (SSSR count). The second kappa shape index (κ2) is 6.46. The molecule has 2 aromatic heterocycles. The Morgan fingerprint density at radius 3 is 2.64 bits per heavy atom. The first kappa shape index (κ1) is 18.5. The number of pyridine rings is 2. The van der Waals surface area contributed by atoms with Gasteiger partial charge in [-0.25, -0.2) is 4.98 Å². The van der Waals surface area contributed by atoms with Gasteiger partial charge in [0, 0.05) is 22.6 Å². The molecule has 0 aliphatic carbocycles. The number of nitrogens with zero attached hydrogens (tertiary/aromatic N) is 2. The molecule has 7 nitrogen and oxygen atoms in total. The molecule has 3 aliphatic heterocycles.